The molecule has 1 atom stereocenters. The Bertz CT molecular complexity index is 734. The van der Waals surface area contributed by atoms with E-state index in [1.165, 1.54) is 4.88 Å². The molecule has 1 unspecified atom stereocenters. The van der Waals surface area contributed by atoms with Crippen LogP contribution in [0.15, 0.2) is 36.4 Å². The SMILES string of the molecule is O=C(C1CCCO1)N(Cc1ccc(-c2ccccc2Cl)s1)C1CC1. The lowest BCUT2D eigenvalue weighted by atomic mass is 10.2. The van der Waals surface area contributed by atoms with Crippen LogP contribution in [0.1, 0.15) is 30.6 Å². The first kappa shape index (κ1) is 16.1. The van der Waals surface area contributed by atoms with E-state index < -0.39 is 0 Å². The number of hydrogen-bond donors (Lipinski definition) is 0. The third-order valence-electron chi connectivity index (χ3n) is 4.60. The molecule has 1 aliphatic carbocycles. The second-order valence-electron chi connectivity index (χ2n) is 6.44. The van der Waals surface area contributed by atoms with Crippen LogP contribution < -0.4 is 0 Å². The molecular weight excluding hydrogens is 342 g/mol. The Hall–Kier alpha value is -1.36. The highest BCUT2D eigenvalue weighted by Crippen LogP contribution is 2.36. The summed E-state index contributed by atoms with van der Waals surface area (Å²) in [6.07, 6.45) is 3.85. The normalized spacial score (nSPS) is 20.3. The van der Waals surface area contributed by atoms with Gasteiger partial charge in [-0.05, 0) is 43.9 Å². The van der Waals surface area contributed by atoms with Gasteiger partial charge in [-0.25, -0.2) is 0 Å². The van der Waals surface area contributed by atoms with Crippen LogP contribution >= 0.6 is 22.9 Å². The van der Waals surface area contributed by atoms with E-state index >= 15 is 0 Å². The number of halogens is 1. The molecule has 1 aromatic heterocycles. The van der Waals surface area contributed by atoms with Gasteiger partial charge < -0.3 is 9.64 Å². The van der Waals surface area contributed by atoms with Gasteiger partial charge in [0.1, 0.15) is 6.10 Å². The monoisotopic (exact) mass is 361 g/mol. The van der Waals surface area contributed by atoms with Gasteiger partial charge in [-0.3, -0.25) is 4.79 Å². The molecule has 126 valence electrons. The number of benzene rings is 1. The summed E-state index contributed by atoms with van der Waals surface area (Å²) in [5.74, 6) is 0.169. The maximum Gasteiger partial charge on any atom is 0.252 e. The van der Waals surface area contributed by atoms with Crippen molar-refractivity contribution in [2.24, 2.45) is 0 Å². The van der Waals surface area contributed by atoms with E-state index in [9.17, 15) is 4.79 Å². The average molecular weight is 362 g/mol. The van der Waals surface area contributed by atoms with Gasteiger partial charge >= 0.3 is 0 Å². The zero-order chi connectivity index (χ0) is 16.5. The molecule has 0 bridgehead atoms. The minimum absolute atomic E-state index is 0.169. The van der Waals surface area contributed by atoms with E-state index in [1.807, 2.05) is 29.2 Å². The number of hydrogen-bond acceptors (Lipinski definition) is 3. The predicted molar refractivity (Wildman–Crippen MR) is 97.3 cm³/mol. The largest absolute Gasteiger partial charge is 0.368 e. The molecular formula is C19H20ClNO2S. The van der Waals surface area contributed by atoms with Gasteiger partial charge in [0.2, 0.25) is 0 Å². The Balaban J connectivity index is 1.51. The predicted octanol–water partition coefficient (Wildman–Crippen LogP) is 4.74. The molecule has 1 amide bonds. The second kappa shape index (κ2) is 6.87. The highest BCUT2D eigenvalue weighted by Gasteiger charge is 2.37. The van der Waals surface area contributed by atoms with Crippen molar-refractivity contribution in [3.63, 3.8) is 0 Å². The molecule has 5 heteroatoms. The summed E-state index contributed by atoms with van der Waals surface area (Å²) in [6, 6.07) is 12.5. The van der Waals surface area contributed by atoms with Crippen LogP contribution in [0, 0.1) is 0 Å². The smallest absolute Gasteiger partial charge is 0.252 e. The molecule has 4 rings (SSSR count). The zero-order valence-corrected chi connectivity index (χ0v) is 15.0. The highest BCUT2D eigenvalue weighted by atomic mass is 35.5. The van der Waals surface area contributed by atoms with Crippen molar-refractivity contribution in [2.75, 3.05) is 6.61 Å². The molecule has 24 heavy (non-hydrogen) atoms. The van der Waals surface area contributed by atoms with E-state index in [0.717, 1.165) is 41.1 Å². The lowest BCUT2D eigenvalue weighted by Crippen LogP contribution is -2.39. The number of ether oxygens (including phenoxy) is 1. The molecule has 2 fully saturated rings. The zero-order valence-electron chi connectivity index (χ0n) is 13.4. The van der Waals surface area contributed by atoms with Crippen LogP contribution in [0.2, 0.25) is 5.02 Å². The summed E-state index contributed by atoms with van der Waals surface area (Å²) in [5, 5.41) is 0.764. The highest BCUT2D eigenvalue weighted by molar-refractivity contribution is 7.15. The van der Waals surface area contributed by atoms with Crippen LogP contribution in [-0.2, 0) is 16.1 Å². The van der Waals surface area contributed by atoms with Gasteiger partial charge in [-0.2, -0.15) is 0 Å². The summed E-state index contributed by atoms with van der Waals surface area (Å²) in [7, 11) is 0. The molecule has 1 saturated carbocycles. The van der Waals surface area contributed by atoms with Gasteiger partial charge in [-0.1, -0.05) is 29.8 Å². The van der Waals surface area contributed by atoms with Crippen LogP contribution in [0.5, 0.6) is 0 Å². The topological polar surface area (TPSA) is 29.5 Å². The van der Waals surface area contributed by atoms with Gasteiger partial charge in [0.25, 0.3) is 5.91 Å². The number of nitrogens with zero attached hydrogens (tertiary/aromatic N) is 1. The first-order valence-electron chi connectivity index (χ1n) is 8.48. The van der Waals surface area contributed by atoms with Crippen molar-refractivity contribution in [3.05, 3.63) is 46.3 Å². The fraction of sp³-hybridized carbons (Fsp3) is 0.421. The van der Waals surface area contributed by atoms with Gasteiger partial charge in [0.05, 0.1) is 6.54 Å². The van der Waals surface area contributed by atoms with Crippen molar-refractivity contribution >= 4 is 28.8 Å². The lowest BCUT2D eigenvalue weighted by Gasteiger charge is -2.24. The standard InChI is InChI=1S/C19H20ClNO2S/c20-16-5-2-1-4-15(16)18-10-9-14(24-18)12-21(13-7-8-13)19(22)17-6-3-11-23-17/h1-2,4-5,9-10,13,17H,3,6-8,11-12H2. The van der Waals surface area contributed by atoms with Gasteiger partial charge in [-0.15, -0.1) is 11.3 Å². The summed E-state index contributed by atoms with van der Waals surface area (Å²) < 4.78 is 5.60. The Labute approximate surface area is 151 Å². The molecule has 2 heterocycles. The van der Waals surface area contributed by atoms with Gasteiger partial charge in [0.15, 0.2) is 0 Å². The van der Waals surface area contributed by atoms with Crippen molar-refractivity contribution in [3.8, 4) is 10.4 Å². The Morgan fingerprint density at radius 3 is 2.75 bits per heavy atom. The van der Waals surface area contributed by atoms with E-state index in [4.69, 9.17) is 16.3 Å². The molecule has 0 spiro atoms. The quantitative estimate of drug-likeness (QED) is 0.769. The van der Waals surface area contributed by atoms with Crippen molar-refractivity contribution in [1.82, 2.24) is 4.90 Å². The average Bonchev–Trinajstić information content (AvgIpc) is 3.10. The number of thiophene rings is 1. The van der Waals surface area contributed by atoms with Crippen LogP contribution in [0.4, 0.5) is 0 Å². The van der Waals surface area contributed by atoms with E-state index in [0.29, 0.717) is 19.2 Å². The third-order valence-corrected chi connectivity index (χ3v) is 6.04. The number of rotatable bonds is 5. The summed E-state index contributed by atoms with van der Waals surface area (Å²) in [6.45, 7) is 1.39. The molecule has 2 aliphatic rings. The van der Waals surface area contributed by atoms with Gasteiger partial charge in [0, 0.05) is 33.0 Å². The first-order chi connectivity index (χ1) is 11.7. The van der Waals surface area contributed by atoms with Crippen LogP contribution in [0.3, 0.4) is 0 Å². The number of carbonyl (C=O) groups excluding carboxylic acids is 1. The molecule has 1 saturated heterocycles. The van der Waals surface area contributed by atoms with E-state index in [1.54, 1.807) is 11.3 Å². The summed E-state index contributed by atoms with van der Waals surface area (Å²) in [5.41, 5.74) is 1.05. The number of amides is 1. The Morgan fingerprint density at radius 1 is 1.21 bits per heavy atom. The molecule has 0 radical (unpaired) electrons. The lowest BCUT2D eigenvalue weighted by molar-refractivity contribution is -0.142. The molecule has 0 N–H and O–H groups in total. The Kier molecular flexibility index (Phi) is 4.61. The number of carbonyl (C=O) groups is 1. The van der Waals surface area contributed by atoms with Crippen molar-refractivity contribution < 1.29 is 9.53 Å². The first-order valence-corrected chi connectivity index (χ1v) is 9.67. The fourth-order valence-electron chi connectivity index (χ4n) is 3.17. The molecule has 1 aromatic carbocycles. The maximum atomic E-state index is 12.7. The summed E-state index contributed by atoms with van der Waals surface area (Å²) >= 11 is 8.01. The molecule has 2 aromatic rings. The third kappa shape index (κ3) is 3.37. The minimum atomic E-state index is -0.228. The second-order valence-corrected chi connectivity index (χ2v) is 8.02. The van der Waals surface area contributed by atoms with Crippen LogP contribution in [0.25, 0.3) is 10.4 Å². The molecule has 3 nitrogen and oxygen atoms in total. The fourth-order valence-corrected chi connectivity index (χ4v) is 4.51. The molecule has 1 aliphatic heterocycles. The maximum absolute atomic E-state index is 12.7. The van der Waals surface area contributed by atoms with Crippen molar-refractivity contribution in [1.29, 1.82) is 0 Å². The Morgan fingerprint density at radius 2 is 2.04 bits per heavy atom. The van der Waals surface area contributed by atoms with E-state index in [2.05, 4.69) is 12.1 Å². The van der Waals surface area contributed by atoms with E-state index in [-0.39, 0.29) is 12.0 Å². The van der Waals surface area contributed by atoms with Crippen LogP contribution in [-0.4, -0.2) is 29.6 Å². The van der Waals surface area contributed by atoms with Crippen molar-refractivity contribution in [2.45, 2.75) is 44.4 Å². The minimum Gasteiger partial charge on any atom is -0.368 e. The summed E-state index contributed by atoms with van der Waals surface area (Å²) in [4.78, 5) is 17.1.